The van der Waals surface area contributed by atoms with Crippen LogP contribution in [0.4, 0.5) is 8.78 Å². The summed E-state index contributed by atoms with van der Waals surface area (Å²) in [7, 11) is 0. The Kier molecular flexibility index (Phi) is 7.28. The summed E-state index contributed by atoms with van der Waals surface area (Å²) in [6.07, 6.45) is 0. The molecular formula is C24H28F2N6O2. The second kappa shape index (κ2) is 10.4. The zero-order valence-electron chi connectivity index (χ0n) is 19.5. The maximum Gasteiger partial charge on any atom is 0.251 e. The van der Waals surface area contributed by atoms with Gasteiger partial charge in [0.05, 0.1) is 18.9 Å². The number of rotatable bonds is 7. The molecule has 1 amide bonds. The van der Waals surface area contributed by atoms with Gasteiger partial charge in [-0.05, 0) is 53.2 Å². The van der Waals surface area contributed by atoms with Gasteiger partial charge in [0.25, 0.3) is 5.91 Å². The van der Waals surface area contributed by atoms with Crippen LogP contribution in [-0.4, -0.2) is 69.9 Å². The van der Waals surface area contributed by atoms with E-state index in [1.165, 1.54) is 16.8 Å². The van der Waals surface area contributed by atoms with Crippen LogP contribution in [-0.2, 0) is 4.74 Å². The van der Waals surface area contributed by atoms with Gasteiger partial charge in [-0.15, -0.1) is 5.10 Å². The summed E-state index contributed by atoms with van der Waals surface area (Å²) in [5.74, 6) is -1.07. The number of carbonyl (C=O) groups excluding carboxylic acids is 1. The predicted molar refractivity (Wildman–Crippen MR) is 123 cm³/mol. The predicted octanol–water partition coefficient (Wildman–Crippen LogP) is 3.18. The number of halogens is 2. The van der Waals surface area contributed by atoms with Crippen LogP contribution in [0, 0.1) is 11.6 Å². The zero-order chi connectivity index (χ0) is 24.2. The van der Waals surface area contributed by atoms with E-state index in [1.54, 1.807) is 18.2 Å². The second-order valence-corrected chi connectivity index (χ2v) is 8.78. The number of nitrogens with one attached hydrogen (secondary N) is 1. The molecule has 10 heteroatoms. The highest BCUT2D eigenvalue weighted by Gasteiger charge is 2.20. The summed E-state index contributed by atoms with van der Waals surface area (Å²) in [5, 5.41) is 14.9. The van der Waals surface area contributed by atoms with Crippen molar-refractivity contribution >= 4 is 5.91 Å². The van der Waals surface area contributed by atoms with Crippen LogP contribution in [0.3, 0.4) is 0 Å². The third-order valence-electron chi connectivity index (χ3n) is 5.69. The SMILES string of the molecule is CC(C)c1nnnn1-c1cc(C(=O)N[C@H](C)CN2CCOCC2)cc(-c2ccc(F)cc2F)c1. The normalized spacial score (nSPS) is 15.5. The quantitative estimate of drug-likeness (QED) is 0.571. The Morgan fingerprint density at radius 1 is 1.12 bits per heavy atom. The van der Waals surface area contributed by atoms with Crippen molar-refractivity contribution in [3.8, 4) is 16.8 Å². The van der Waals surface area contributed by atoms with Gasteiger partial charge in [-0.25, -0.2) is 8.78 Å². The molecule has 1 aliphatic heterocycles. The van der Waals surface area contributed by atoms with Crippen LogP contribution in [0.25, 0.3) is 16.8 Å². The zero-order valence-corrected chi connectivity index (χ0v) is 19.5. The Morgan fingerprint density at radius 3 is 2.59 bits per heavy atom. The standard InChI is InChI=1S/C24H28F2N6O2/c1-15(2)23-28-29-30-32(23)20-11-17(21-5-4-19(25)13-22(21)26)10-18(12-20)24(33)27-16(3)14-31-6-8-34-9-7-31/h4-5,10-13,15-16H,6-9,14H2,1-3H3,(H,27,33)/t16-/m1/s1. The number of morpholine rings is 1. The van der Waals surface area contributed by atoms with Crippen LogP contribution < -0.4 is 5.32 Å². The van der Waals surface area contributed by atoms with Gasteiger partial charge in [0.1, 0.15) is 11.6 Å². The van der Waals surface area contributed by atoms with E-state index in [9.17, 15) is 13.6 Å². The number of carbonyl (C=O) groups is 1. The Hall–Kier alpha value is -3.24. The number of benzene rings is 2. The van der Waals surface area contributed by atoms with Crippen molar-refractivity contribution in [2.45, 2.75) is 32.7 Å². The van der Waals surface area contributed by atoms with Crippen molar-refractivity contribution in [2.24, 2.45) is 0 Å². The molecule has 0 aliphatic carbocycles. The van der Waals surface area contributed by atoms with Crippen molar-refractivity contribution in [1.82, 2.24) is 30.4 Å². The van der Waals surface area contributed by atoms with E-state index in [1.807, 2.05) is 20.8 Å². The number of nitrogens with zero attached hydrogens (tertiary/aromatic N) is 5. The Bertz CT molecular complexity index is 1160. The molecule has 3 aromatic rings. The first-order chi connectivity index (χ1) is 16.3. The maximum absolute atomic E-state index is 14.6. The molecular weight excluding hydrogens is 442 g/mol. The van der Waals surface area contributed by atoms with Gasteiger partial charge in [0, 0.05) is 48.8 Å². The van der Waals surface area contributed by atoms with Crippen LogP contribution in [0.1, 0.15) is 42.9 Å². The molecule has 180 valence electrons. The lowest BCUT2D eigenvalue weighted by Crippen LogP contribution is -2.46. The van der Waals surface area contributed by atoms with E-state index in [4.69, 9.17) is 4.74 Å². The minimum absolute atomic E-state index is 0.0204. The molecule has 0 unspecified atom stereocenters. The fourth-order valence-corrected chi connectivity index (χ4v) is 4.01. The first-order valence-corrected chi connectivity index (χ1v) is 11.3. The highest BCUT2D eigenvalue weighted by atomic mass is 19.1. The lowest BCUT2D eigenvalue weighted by atomic mass is 10.0. The maximum atomic E-state index is 14.6. The molecule has 1 N–H and O–H groups in total. The topological polar surface area (TPSA) is 85.2 Å². The molecule has 34 heavy (non-hydrogen) atoms. The van der Waals surface area contributed by atoms with Gasteiger partial charge in [-0.1, -0.05) is 13.8 Å². The third kappa shape index (κ3) is 5.45. The molecule has 1 aromatic heterocycles. The molecule has 8 nitrogen and oxygen atoms in total. The van der Waals surface area contributed by atoms with Crippen LogP contribution in [0.2, 0.25) is 0 Å². The molecule has 1 aliphatic rings. The Morgan fingerprint density at radius 2 is 1.88 bits per heavy atom. The van der Waals surface area contributed by atoms with Crippen molar-refractivity contribution in [1.29, 1.82) is 0 Å². The van der Waals surface area contributed by atoms with Gasteiger partial charge in [0.15, 0.2) is 5.82 Å². The first kappa shape index (κ1) is 23.9. The minimum Gasteiger partial charge on any atom is -0.379 e. The third-order valence-corrected chi connectivity index (χ3v) is 5.69. The average Bonchev–Trinajstić information content (AvgIpc) is 3.30. The van der Waals surface area contributed by atoms with Crippen molar-refractivity contribution in [3.63, 3.8) is 0 Å². The summed E-state index contributed by atoms with van der Waals surface area (Å²) in [5.41, 5.74) is 1.44. The average molecular weight is 471 g/mol. The highest BCUT2D eigenvalue weighted by molar-refractivity contribution is 5.96. The number of hydrogen-bond acceptors (Lipinski definition) is 6. The fourth-order valence-electron chi connectivity index (χ4n) is 4.01. The van der Waals surface area contributed by atoms with E-state index in [0.717, 1.165) is 19.2 Å². The molecule has 2 aromatic carbocycles. The lowest BCUT2D eigenvalue weighted by Gasteiger charge is -2.29. The van der Waals surface area contributed by atoms with Gasteiger partial charge in [0.2, 0.25) is 0 Å². The van der Waals surface area contributed by atoms with E-state index in [-0.39, 0.29) is 23.4 Å². The summed E-state index contributed by atoms with van der Waals surface area (Å²) >= 11 is 0. The first-order valence-electron chi connectivity index (χ1n) is 11.3. The van der Waals surface area contributed by atoms with Crippen molar-refractivity contribution in [2.75, 3.05) is 32.8 Å². The van der Waals surface area contributed by atoms with Gasteiger partial charge in [-0.3, -0.25) is 9.69 Å². The molecule has 1 atom stereocenters. The Labute approximate surface area is 196 Å². The van der Waals surface area contributed by atoms with Gasteiger partial charge < -0.3 is 10.1 Å². The molecule has 0 bridgehead atoms. The lowest BCUT2D eigenvalue weighted by molar-refractivity contribution is 0.0342. The molecule has 1 saturated heterocycles. The van der Waals surface area contributed by atoms with Crippen LogP contribution >= 0.6 is 0 Å². The van der Waals surface area contributed by atoms with E-state index >= 15 is 0 Å². The second-order valence-electron chi connectivity index (χ2n) is 8.78. The van der Waals surface area contributed by atoms with Crippen LogP contribution in [0.15, 0.2) is 36.4 Å². The summed E-state index contributed by atoms with van der Waals surface area (Å²) in [4.78, 5) is 15.4. The van der Waals surface area contributed by atoms with E-state index in [0.29, 0.717) is 42.4 Å². The monoisotopic (exact) mass is 470 g/mol. The smallest absolute Gasteiger partial charge is 0.251 e. The van der Waals surface area contributed by atoms with E-state index < -0.39 is 11.6 Å². The van der Waals surface area contributed by atoms with Crippen LogP contribution in [0.5, 0.6) is 0 Å². The number of tetrazole rings is 1. The fraction of sp³-hybridized carbons (Fsp3) is 0.417. The highest BCUT2D eigenvalue weighted by Crippen LogP contribution is 2.28. The minimum atomic E-state index is -0.718. The summed E-state index contributed by atoms with van der Waals surface area (Å²) in [6.45, 7) is 9.54. The molecule has 2 heterocycles. The van der Waals surface area contributed by atoms with Crippen molar-refractivity contribution < 1.29 is 18.3 Å². The molecule has 1 fully saturated rings. The summed E-state index contributed by atoms with van der Waals surface area (Å²) < 4.78 is 35.0. The molecule has 0 saturated carbocycles. The van der Waals surface area contributed by atoms with Gasteiger partial charge >= 0.3 is 0 Å². The van der Waals surface area contributed by atoms with Crippen molar-refractivity contribution in [3.05, 3.63) is 59.4 Å². The number of aromatic nitrogens is 4. The molecule has 4 rings (SSSR count). The number of amides is 1. The Balaban J connectivity index is 1.68. The number of ether oxygens (including phenoxy) is 1. The number of hydrogen-bond donors (Lipinski definition) is 1. The largest absolute Gasteiger partial charge is 0.379 e. The van der Waals surface area contributed by atoms with Gasteiger partial charge in [-0.2, -0.15) is 4.68 Å². The van der Waals surface area contributed by atoms with E-state index in [2.05, 4.69) is 25.7 Å². The molecule has 0 spiro atoms. The molecule has 0 radical (unpaired) electrons. The summed E-state index contributed by atoms with van der Waals surface area (Å²) in [6, 6.07) is 8.20.